The molecule has 0 aromatic carbocycles. The Morgan fingerprint density at radius 2 is 2.40 bits per heavy atom. The van der Waals surface area contributed by atoms with Gasteiger partial charge < -0.3 is 5.11 Å². The van der Waals surface area contributed by atoms with Crippen molar-refractivity contribution in [3.05, 3.63) is 29.6 Å². The van der Waals surface area contributed by atoms with Crippen LogP contribution in [0.4, 0.5) is 0 Å². The first-order chi connectivity index (χ1) is 9.72. The monoisotopic (exact) mass is 278 g/mol. The van der Waals surface area contributed by atoms with E-state index in [0.29, 0.717) is 11.5 Å². The number of carbonyl (C=O) groups is 1. The molecule has 1 aromatic rings. The van der Waals surface area contributed by atoms with E-state index in [4.69, 9.17) is 10.9 Å². The fraction of sp³-hybridized carbons (Fsp3) is 0.571. The first kappa shape index (κ1) is 14.9. The van der Waals surface area contributed by atoms with Gasteiger partial charge in [0.2, 0.25) is 0 Å². The number of nitrogens with two attached hydrogens (primary N) is 1. The van der Waals surface area contributed by atoms with Crippen molar-refractivity contribution in [2.75, 3.05) is 19.7 Å². The van der Waals surface area contributed by atoms with Crippen molar-refractivity contribution in [3.63, 3.8) is 0 Å². The summed E-state index contributed by atoms with van der Waals surface area (Å²) in [6.07, 6.45) is 4.78. The predicted molar refractivity (Wildman–Crippen MR) is 75.6 cm³/mol. The van der Waals surface area contributed by atoms with Gasteiger partial charge in [-0.25, -0.2) is 5.84 Å². The van der Waals surface area contributed by atoms with Crippen molar-refractivity contribution >= 4 is 5.91 Å². The van der Waals surface area contributed by atoms with Gasteiger partial charge in [-0.1, -0.05) is 0 Å². The van der Waals surface area contributed by atoms with E-state index < -0.39 is 0 Å². The number of piperidine rings is 1. The lowest BCUT2D eigenvalue weighted by molar-refractivity contribution is 0.0953. The highest BCUT2D eigenvalue weighted by molar-refractivity contribution is 5.93. The van der Waals surface area contributed by atoms with Gasteiger partial charge in [-0.05, 0) is 43.9 Å². The Morgan fingerprint density at radius 1 is 1.55 bits per heavy atom. The van der Waals surface area contributed by atoms with Crippen LogP contribution in [0.5, 0.6) is 0 Å². The molecule has 2 heterocycles. The van der Waals surface area contributed by atoms with E-state index in [1.54, 1.807) is 12.3 Å². The Kier molecular flexibility index (Phi) is 5.46. The second kappa shape index (κ2) is 7.33. The van der Waals surface area contributed by atoms with E-state index in [1.165, 1.54) is 12.8 Å². The number of nitrogens with zero attached hydrogens (tertiary/aromatic N) is 2. The van der Waals surface area contributed by atoms with Crippen molar-refractivity contribution < 1.29 is 9.90 Å². The van der Waals surface area contributed by atoms with Crippen LogP contribution in [0.3, 0.4) is 0 Å². The number of hydrazine groups is 1. The number of likely N-dealkylation sites (tertiary alicyclic amines) is 1. The SMILES string of the molecule is NNC(=O)c1ccc(CN2CCCC(CCO)C2)nc1. The van der Waals surface area contributed by atoms with Crippen LogP contribution in [-0.4, -0.2) is 40.6 Å². The number of nitrogen functional groups attached to an aromatic ring is 1. The van der Waals surface area contributed by atoms with Crippen LogP contribution in [0.15, 0.2) is 18.3 Å². The third-order valence-electron chi connectivity index (χ3n) is 3.74. The van der Waals surface area contributed by atoms with Crippen molar-refractivity contribution in [2.24, 2.45) is 11.8 Å². The zero-order valence-corrected chi connectivity index (χ0v) is 11.6. The Balaban J connectivity index is 1.91. The number of hydrogen-bond donors (Lipinski definition) is 3. The Labute approximate surface area is 119 Å². The molecule has 0 spiro atoms. The lowest BCUT2D eigenvalue weighted by atomic mass is 9.95. The third kappa shape index (κ3) is 4.00. The molecular weight excluding hydrogens is 256 g/mol. The standard InChI is InChI=1S/C14H22N4O2/c15-17-14(20)12-3-4-13(16-8-12)10-18-6-1-2-11(9-18)5-7-19/h3-4,8,11,19H,1-2,5-7,9-10,15H2,(H,17,20). The van der Waals surface area contributed by atoms with Gasteiger partial charge >= 0.3 is 0 Å². The van der Waals surface area contributed by atoms with Crippen LogP contribution in [0.2, 0.25) is 0 Å². The first-order valence-corrected chi connectivity index (χ1v) is 7.02. The zero-order chi connectivity index (χ0) is 14.4. The highest BCUT2D eigenvalue weighted by atomic mass is 16.3. The van der Waals surface area contributed by atoms with E-state index in [1.807, 2.05) is 6.07 Å². The Morgan fingerprint density at radius 3 is 3.05 bits per heavy atom. The van der Waals surface area contributed by atoms with Gasteiger partial charge in [0.05, 0.1) is 11.3 Å². The van der Waals surface area contributed by atoms with Crippen LogP contribution in [-0.2, 0) is 6.54 Å². The minimum atomic E-state index is -0.329. The molecule has 2 rings (SSSR count). The van der Waals surface area contributed by atoms with Crippen molar-refractivity contribution in [2.45, 2.75) is 25.8 Å². The fourth-order valence-electron chi connectivity index (χ4n) is 2.68. The molecule has 110 valence electrons. The lowest BCUT2D eigenvalue weighted by Gasteiger charge is -2.32. The van der Waals surface area contributed by atoms with E-state index in [0.717, 1.165) is 31.7 Å². The average molecular weight is 278 g/mol. The maximum atomic E-state index is 11.3. The molecule has 1 atom stereocenters. The van der Waals surface area contributed by atoms with E-state index in [-0.39, 0.29) is 12.5 Å². The number of hydrogen-bond acceptors (Lipinski definition) is 5. The van der Waals surface area contributed by atoms with Crippen molar-refractivity contribution in [3.8, 4) is 0 Å². The molecule has 0 bridgehead atoms. The van der Waals surface area contributed by atoms with Crippen LogP contribution in [0, 0.1) is 5.92 Å². The molecule has 1 aromatic heterocycles. The smallest absolute Gasteiger partial charge is 0.266 e. The van der Waals surface area contributed by atoms with E-state index in [9.17, 15) is 4.79 Å². The number of pyridine rings is 1. The molecule has 4 N–H and O–H groups in total. The van der Waals surface area contributed by atoms with Gasteiger partial charge in [0, 0.05) is 25.9 Å². The molecule has 20 heavy (non-hydrogen) atoms. The van der Waals surface area contributed by atoms with Gasteiger partial charge in [0.15, 0.2) is 0 Å². The minimum absolute atomic E-state index is 0.264. The third-order valence-corrected chi connectivity index (χ3v) is 3.74. The summed E-state index contributed by atoms with van der Waals surface area (Å²) in [5.41, 5.74) is 3.50. The lowest BCUT2D eigenvalue weighted by Crippen LogP contribution is -2.35. The summed E-state index contributed by atoms with van der Waals surface area (Å²) in [5, 5.41) is 9.02. The summed E-state index contributed by atoms with van der Waals surface area (Å²) in [6.45, 7) is 3.12. The number of nitrogens with one attached hydrogen (secondary N) is 1. The normalized spacial score (nSPS) is 19.8. The topological polar surface area (TPSA) is 91.5 Å². The molecule has 1 aliphatic rings. The number of aromatic nitrogens is 1. The predicted octanol–water partition coefficient (Wildman–Crippen LogP) is 0.279. The van der Waals surface area contributed by atoms with Crippen LogP contribution in [0.25, 0.3) is 0 Å². The molecule has 1 unspecified atom stereocenters. The highest BCUT2D eigenvalue weighted by Gasteiger charge is 2.19. The maximum absolute atomic E-state index is 11.3. The summed E-state index contributed by atoms with van der Waals surface area (Å²) >= 11 is 0. The zero-order valence-electron chi connectivity index (χ0n) is 11.6. The summed E-state index contributed by atoms with van der Waals surface area (Å²) in [4.78, 5) is 18.0. The summed E-state index contributed by atoms with van der Waals surface area (Å²) in [7, 11) is 0. The number of aliphatic hydroxyl groups excluding tert-OH is 1. The average Bonchev–Trinajstić information content (AvgIpc) is 2.48. The first-order valence-electron chi connectivity index (χ1n) is 7.02. The largest absolute Gasteiger partial charge is 0.396 e. The molecule has 6 heteroatoms. The van der Waals surface area contributed by atoms with E-state index in [2.05, 4.69) is 15.3 Å². The fourth-order valence-corrected chi connectivity index (χ4v) is 2.68. The van der Waals surface area contributed by atoms with Gasteiger partial charge in [-0.2, -0.15) is 0 Å². The quantitative estimate of drug-likeness (QED) is 0.409. The molecule has 0 aliphatic carbocycles. The number of amides is 1. The number of aliphatic hydroxyl groups is 1. The molecule has 6 nitrogen and oxygen atoms in total. The molecule has 1 amide bonds. The molecule has 0 saturated carbocycles. The Bertz CT molecular complexity index is 433. The van der Waals surface area contributed by atoms with E-state index >= 15 is 0 Å². The minimum Gasteiger partial charge on any atom is -0.396 e. The van der Waals surface area contributed by atoms with Gasteiger partial charge in [0.1, 0.15) is 0 Å². The molecule has 0 radical (unpaired) electrons. The molecule has 1 saturated heterocycles. The van der Waals surface area contributed by atoms with Crippen molar-refractivity contribution in [1.29, 1.82) is 0 Å². The number of carbonyl (C=O) groups excluding carboxylic acids is 1. The maximum Gasteiger partial charge on any atom is 0.266 e. The van der Waals surface area contributed by atoms with Crippen LogP contribution >= 0.6 is 0 Å². The van der Waals surface area contributed by atoms with Gasteiger partial charge in [-0.3, -0.25) is 20.1 Å². The molecular formula is C14H22N4O2. The van der Waals surface area contributed by atoms with Crippen molar-refractivity contribution in [1.82, 2.24) is 15.3 Å². The summed E-state index contributed by atoms with van der Waals surface area (Å²) < 4.78 is 0. The highest BCUT2D eigenvalue weighted by Crippen LogP contribution is 2.20. The summed E-state index contributed by atoms with van der Waals surface area (Å²) in [6, 6.07) is 3.60. The molecule has 1 aliphatic heterocycles. The van der Waals surface area contributed by atoms with Gasteiger partial charge in [0.25, 0.3) is 5.91 Å². The summed E-state index contributed by atoms with van der Waals surface area (Å²) in [5.74, 6) is 5.33. The molecule has 1 fully saturated rings. The second-order valence-corrected chi connectivity index (χ2v) is 5.27. The van der Waals surface area contributed by atoms with Gasteiger partial charge in [-0.15, -0.1) is 0 Å². The Hall–Kier alpha value is -1.50. The van der Waals surface area contributed by atoms with Crippen LogP contribution in [0.1, 0.15) is 35.3 Å². The van der Waals surface area contributed by atoms with Crippen LogP contribution < -0.4 is 11.3 Å². The number of rotatable bonds is 5. The second-order valence-electron chi connectivity index (χ2n) is 5.27.